The number of ether oxygens (including phenoxy) is 1. The van der Waals surface area contributed by atoms with Crippen molar-refractivity contribution in [3.8, 4) is 0 Å². The molecule has 1 aliphatic rings. The number of alkyl halides is 6. The summed E-state index contributed by atoms with van der Waals surface area (Å²) in [7, 11) is 0. The van der Waals surface area contributed by atoms with Crippen LogP contribution in [0.5, 0.6) is 0 Å². The van der Waals surface area contributed by atoms with Crippen molar-refractivity contribution in [1.82, 2.24) is 5.06 Å². The van der Waals surface area contributed by atoms with Crippen LogP contribution < -0.4 is 0 Å². The van der Waals surface area contributed by atoms with E-state index in [0.717, 1.165) is 5.56 Å². The molecule has 0 amide bonds. The smallest absolute Gasteiger partial charge is 0.378 e. The van der Waals surface area contributed by atoms with Gasteiger partial charge >= 0.3 is 12.4 Å². The van der Waals surface area contributed by atoms with E-state index in [2.05, 4.69) is 0 Å². The Morgan fingerprint density at radius 2 is 1.57 bits per heavy atom. The van der Waals surface area contributed by atoms with Crippen molar-refractivity contribution >= 4 is 0 Å². The van der Waals surface area contributed by atoms with Gasteiger partial charge in [-0.25, -0.2) is 4.39 Å². The molecule has 1 saturated heterocycles. The van der Waals surface area contributed by atoms with Gasteiger partial charge < -0.3 is 4.74 Å². The van der Waals surface area contributed by atoms with Crippen LogP contribution in [0.2, 0.25) is 0 Å². The Balaban J connectivity index is 1.93. The summed E-state index contributed by atoms with van der Waals surface area (Å²) in [5.74, 6) is -2.35. The lowest BCUT2D eigenvalue weighted by atomic mass is 10.0. The molecule has 0 aliphatic carbocycles. The van der Waals surface area contributed by atoms with Gasteiger partial charge in [-0.15, -0.1) is 0 Å². The Morgan fingerprint density at radius 1 is 1.00 bits per heavy atom. The minimum atomic E-state index is -5.29. The lowest BCUT2D eigenvalue weighted by Crippen LogP contribution is -2.40. The van der Waals surface area contributed by atoms with Crippen LogP contribution in [0, 0.1) is 5.82 Å². The number of hydrogen-bond donors (Lipinski definition) is 0. The minimum absolute atomic E-state index is 0.238. The van der Waals surface area contributed by atoms with Gasteiger partial charge in [-0.3, -0.25) is 4.84 Å². The topological polar surface area (TPSA) is 21.7 Å². The van der Waals surface area contributed by atoms with Crippen LogP contribution in [0.15, 0.2) is 42.5 Å². The zero-order chi connectivity index (χ0) is 22.1. The Kier molecular flexibility index (Phi) is 6.40. The van der Waals surface area contributed by atoms with Crippen molar-refractivity contribution in [3.63, 3.8) is 0 Å². The van der Waals surface area contributed by atoms with Crippen LogP contribution in [0.1, 0.15) is 41.3 Å². The molecule has 1 aliphatic heterocycles. The van der Waals surface area contributed by atoms with Gasteiger partial charge in [-0.1, -0.05) is 30.3 Å². The Bertz CT molecular complexity index is 833. The molecule has 2 aromatic carbocycles. The number of halogens is 7. The fourth-order valence-electron chi connectivity index (χ4n) is 3.21. The van der Waals surface area contributed by atoms with E-state index in [1.807, 2.05) is 12.1 Å². The van der Waals surface area contributed by atoms with E-state index in [0.29, 0.717) is 12.1 Å². The molecule has 0 aromatic heterocycles. The number of hydrogen-bond acceptors (Lipinski definition) is 3. The van der Waals surface area contributed by atoms with Gasteiger partial charge in [0, 0.05) is 6.54 Å². The maximum atomic E-state index is 13.9. The third-order valence-corrected chi connectivity index (χ3v) is 4.73. The predicted molar refractivity (Wildman–Crippen MR) is 92.6 cm³/mol. The number of rotatable bonds is 4. The molecular formula is C20H18F7NO2. The zero-order valence-corrected chi connectivity index (χ0v) is 15.7. The molecule has 10 heteroatoms. The molecule has 2 atom stereocenters. The number of nitrogens with zero attached hydrogens (tertiary/aromatic N) is 1. The Morgan fingerprint density at radius 3 is 2.10 bits per heavy atom. The third kappa shape index (κ3) is 4.93. The molecule has 1 fully saturated rings. The molecule has 3 rings (SSSR count). The van der Waals surface area contributed by atoms with E-state index in [1.54, 1.807) is 18.2 Å². The van der Waals surface area contributed by atoms with Crippen LogP contribution in [-0.2, 0) is 21.9 Å². The molecule has 0 unspecified atom stereocenters. The van der Waals surface area contributed by atoms with E-state index < -0.39 is 47.0 Å². The highest BCUT2D eigenvalue weighted by molar-refractivity contribution is 5.36. The molecule has 0 saturated carbocycles. The maximum absolute atomic E-state index is 13.9. The second kappa shape index (κ2) is 8.52. The Hall–Kier alpha value is -2.17. The van der Waals surface area contributed by atoms with Crippen LogP contribution in [0.4, 0.5) is 30.7 Å². The van der Waals surface area contributed by atoms with E-state index in [-0.39, 0.29) is 19.8 Å². The van der Waals surface area contributed by atoms with Crippen molar-refractivity contribution in [2.45, 2.75) is 31.4 Å². The van der Waals surface area contributed by atoms with Crippen LogP contribution >= 0.6 is 0 Å². The van der Waals surface area contributed by atoms with Gasteiger partial charge in [0.05, 0.1) is 30.4 Å². The minimum Gasteiger partial charge on any atom is -0.378 e. The van der Waals surface area contributed by atoms with E-state index >= 15 is 0 Å². The summed E-state index contributed by atoms with van der Waals surface area (Å²) in [6, 6.07) is 9.31. The molecule has 2 aromatic rings. The average Bonchev–Trinajstić information content (AvgIpc) is 2.67. The van der Waals surface area contributed by atoms with Crippen molar-refractivity contribution in [1.29, 1.82) is 0 Å². The summed E-state index contributed by atoms with van der Waals surface area (Å²) in [5.41, 5.74) is -3.58. The quantitative estimate of drug-likeness (QED) is 0.554. The van der Waals surface area contributed by atoms with Gasteiger partial charge in [0.1, 0.15) is 11.9 Å². The second-order valence-electron chi connectivity index (χ2n) is 6.82. The van der Waals surface area contributed by atoms with Crippen LogP contribution in [0.25, 0.3) is 0 Å². The molecule has 164 valence electrons. The molecule has 1 heterocycles. The fraction of sp³-hybridized carbons (Fsp3) is 0.400. The van der Waals surface area contributed by atoms with Crippen LogP contribution in [0.3, 0.4) is 0 Å². The van der Waals surface area contributed by atoms with Gasteiger partial charge in [0.15, 0.2) is 0 Å². The average molecular weight is 437 g/mol. The highest BCUT2D eigenvalue weighted by Crippen LogP contribution is 2.41. The van der Waals surface area contributed by atoms with E-state index in [9.17, 15) is 30.7 Å². The third-order valence-electron chi connectivity index (χ3n) is 4.73. The summed E-state index contributed by atoms with van der Waals surface area (Å²) in [6.07, 6.45) is -11.8. The fourth-order valence-corrected chi connectivity index (χ4v) is 3.21. The van der Waals surface area contributed by atoms with E-state index in [4.69, 9.17) is 9.57 Å². The van der Waals surface area contributed by atoms with Gasteiger partial charge in [-0.05, 0) is 30.2 Å². The number of benzene rings is 2. The Labute approximate surface area is 168 Å². The summed E-state index contributed by atoms with van der Waals surface area (Å²) in [5, 5.41) is 1.47. The molecule has 0 bridgehead atoms. The summed E-state index contributed by atoms with van der Waals surface area (Å²) in [6.45, 7) is 2.08. The highest BCUT2D eigenvalue weighted by atomic mass is 19.4. The van der Waals surface area contributed by atoms with Crippen molar-refractivity contribution in [2.24, 2.45) is 0 Å². The second-order valence-corrected chi connectivity index (χ2v) is 6.82. The molecule has 0 N–H and O–H groups in total. The first-order valence-corrected chi connectivity index (χ1v) is 9.02. The SMILES string of the molecule is C[C@@H](ON1CCOC[C@@H]1c1ccccc1)c1cc(C(F)(F)F)c(F)c(C(F)(F)F)c1. The van der Waals surface area contributed by atoms with Crippen molar-refractivity contribution < 1.29 is 40.3 Å². The molecular weight excluding hydrogens is 419 g/mol. The lowest BCUT2D eigenvalue weighted by molar-refractivity contribution is -0.253. The summed E-state index contributed by atoms with van der Waals surface area (Å²) in [4.78, 5) is 5.72. The monoisotopic (exact) mass is 437 g/mol. The molecule has 30 heavy (non-hydrogen) atoms. The summed E-state index contributed by atoms with van der Waals surface area (Å²) >= 11 is 0. The standard InChI is InChI=1S/C20H18F7NO2/c1-12(30-28-7-8-29-11-17(28)13-5-3-2-4-6-13)14-9-15(19(22,23)24)18(21)16(10-14)20(25,26)27/h2-6,9-10,12,17H,7-8,11H2,1H3/t12-,17-/m1/s1. The molecule has 0 spiro atoms. The highest BCUT2D eigenvalue weighted by Gasteiger charge is 2.42. The first-order chi connectivity index (χ1) is 14.0. The normalized spacial score (nSPS) is 19.7. The first kappa shape index (κ1) is 22.5. The maximum Gasteiger partial charge on any atom is 0.419 e. The molecule has 0 radical (unpaired) electrons. The van der Waals surface area contributed by atoms with Gasteiger partial charge in [0.2, 0.25) is 0 Å². The summed E-state index contributed by atoms with van der Waals surface area (Å²) < 4.78 is 98.1. The number of hydroxylamine groups is 2. The predicted octanol–water partition coefficient (Wildman–Crippen LogP) is 5.93. The van der Waals surface area contributed by atoms with Crippen molar-refractivity contribution in [3.05, 3.63) is 70.5 Å². The molecule has 3 nitrogen and oxygen atoms in total. The lowest BCUT2D eigenvalue weighted by Gasteiger charge is -2.36. The van der Waals surface area contributed by atoms with E-state index in [1.165, 1.54) is 12.0 Å². The number of morpholine rings is 1. The zero-order valence-electron chi connectivity index (χ0n) is 15.7. The van der Waals surface area contributed by atoms with Crippen molar-refractivity contribution in [2.75, 3.05) is 19.8 Å². The first-order valence-electron chi connectivity index (χ1n) is 9.02. The van der Waals surface area contributed by atoms with Crippen LogP contribution in [-0.4, -0.2) is 24.8 Å². The van der Waals surface area contributed by atoms with Gasteiger partial charge in [0.25, 0.3) is 0 Å². The largest absolute Gasteiger partial charge is 0.419 e. The van der Waals surface area contributed by atoms with Gasteiger partial charge in [-0.2, -0.15) is 31.4 Å².